The lowest BCUT2D eigenvalue weighted by Gasteiger charge is -2.33. The van der Waals surface area contributed by atoms with Crippen molar-refractivity contribution < 1.29 is 19.1 Å². The summed E-state index contributed by atoms with van der Waals surface area (Å²) in [7, 11) is 0. The first-order valence-electron chi connectivity index (χ1n) is 12.2. The third kappa shape index (κ3) is 5.08. The van der Waals surface area contributed by atoms with Gasteiger partial charge in [-0.25, -0.2) is 9.59 Å². The summed E-state index contributed by atoms with van der Waals surface area (Å²) in [6.45, 7) is 3.78. The van der Waals surface area contributed by atoms with Gasteiger partial charge in [0.05, 0.1) is 17.1 Å². The van der Waals surface area contributed by atoms with Crippen molar-refractivity contribution in [1.29, 1.82) is 0 Å². The number of allylic oxidation sites excluding steroid dienone is 2. The maximum absolute atomic E-state index is 13.4. The van der Waals surface area contributed by atoms with Crippen LogP contribution in [0.15, 0.2) is 52.9 Å². The number of benzene rings is 1. The lowest BCUT2D eigenvalue weighted by atomic mass is 9.80. The fourth-order valence-electron chi connectivity index (χ4n) is 5.31. The van der Waals surface area contributed by atoms with Gasteiger partial charge in [-0.15, -0.1) is 0 Å². The van der Waals surface area contributed by atoms with Crippen LogP contribution in [0.4, 0.5) is 0 Å². The van der Waals surface area contributed by atoms with Crippen LogP contribution < -0.4 is 5.32 Å². The Kier molecular flexibility index (Phi) is 7.33. The summed E-state index contributed by atoms with van der Waals surface area (Å²) in [5.74, 6) is -1.15. The van der Waals surface area contributed by atoms with Gasteiger partial charge in [0.25, 0.3) is 0 Å². The van der Waals surface area contributed by atoms with E-state index >= 15 is 0 Å². The number of hydrogen-bond acceptors (Lipinski definition) is 5. The van der Waals surface area contributed by atoms with E-state index in [1.807, 2.05) is 44.2 Å². The van der Waals surface area contributed by atoms with Crippen molar-refractivity contribution in [3.05, 3.63) is 58.4 Å². The number of hydrogen-bond donors (Lipinski definition) is 1. The topological polar surface area (TPSA) is 64.6 Å². The largest absolute Gasteiger partial charge is 0.459 e. The number of ether oxygens (including phenoxy) is 2. The summed E-state index contributed by atoms with van der Waals surface area (Å²) < 4.78 is 11.9. The second kappa shape index (κ2) is 10.4. The molecule has 0 saturated heterocycles. The molecule has 0 atom stereocenters. The van der Waals surface area contributed by atoms with Crippen molar-refractivity contribution in [3.63, 3.8) is 0 Å². The van der Waals surface area contributed by atoms with Gasteiger partial charge >= 0.3 is 11.9 Å². The predicted molar refractivity (Wildman–Crippen MR) is 124 cm³/mol. The van der Waals surface area contributed by atoms with Crippen LogP contribution in [0.25, 0.3) is 0 Å². The lowest BCUT2D eigenvalue weighted by molar-refractivity contribution is -0.146. The van der Waals surface area contributed by atoms with Gasteiger partial charge in [-0.2, -0.15) is 0 Å². The molecule has 1 aromatic carbocycles. The van der Waals surface area contributed by atoms with E-state index < -0.39 is 5.92 Å². The average Bonchev–Trinajstić information content (AvgIpc) is 2.80. The van der Waals surface area contributed by atoms with Gasteiger partial charge in [0.15, 0.2) is 0 Å². The van der Waals surface area contributed by atoms with Gasteiger partial charge < -0.3 is 14.8 Å². The molecule has 1 heterocycles. The van der Waals surface area contributed by atoms with Crippen LogP contribution in [0, 0.1) is 0 Å². The molecule has 0 unspecified atom stereocenters. The van der Waals surface area contributed by atoms with Gasteiger partial charge in [-0.1, -0.05) is 43.2 Å². The van der Waals surface area contributed by atoms with Crippen molar-refractivity contribution in [3.8, 4) is 0 Å². The van der Waals surface area contributed by atoms with Crippen LogP contribution >= 0.6 is 0 Å². The highest BCUT2D eigenvalue weighted by atomic mass is 16.5. The van der Waals surface area contributed by atoms with E-state index in [0.29, 0.717) is 11.1 Å². The number of dihydropyridines is 1. The molecule has 0 bridgehead atoms. The maximum Gasteiger partial charge on any atom is 0.337 e. The minimum atomic E-state index is -0.496. The third-order valence-electron chi connectivity index (χ3n) is 6.98. The summed E-state index contributed by atoms with van der Waals surface area (Å²) in [5, 5.41) is 3.27. The Balaban J connectivity index is 1.64. The zero-order valence-corrected chi connectivity index (χ0v) is 19.3. The normalized spacial score (nSPS) is 21.3. The number of carbonyl (C=O) groups is 2. The van der Waals surface area contributed by atoms with Gasteiger partial charge in [-0.3, -0.25) is 0 Å². The van der Waals surface area contributed by atoms with Gasteiger partial charge in [0, 0.05) is 11.4 Å². The average molecular weight is 438 g/mol. The molecule has 1 N–H and O–H groups in total. The molecule has 0 amide bonds. The standard InChI is InChI=1S/C27H35NO4/c1-18-23(26(29)31-21-14-8-4-9-15-21)25(20-12-6-3-7-13-20)24(19(2)28-18)27(30)32-22-16-10-5-11-17-22/h3,6-7,12-13,21-22,25,28H,4-5,8-11,14-17H2,1-2H3. The summed E-state index contributed by atoms with van der Waals surface area (Å²) in [6, 6.07) is 9.76. The Morgan fingerprint density at radius 2 is 1.16 bits per heavy atom. The minimum Gasteiger partial charge on any atom is -0.459 e. The first-order valence-corrected chi connectivity index (χ1v) is 12.2. The molecule has 32 heavy (non-hydrogen) atoms. The molecule has 1 aliphatic heterocycles. The van der Waals surface area contributed by atoms with Gasteiger partial charge in [-0.05, 0) is 70.8 Å². The van der Waals surface area contributed by atoms with Crippen molar-refractivity contribution in [2.75, 3.05) is 0 Å². The van der Waals surface area contributed by atoms with E-state index in [9.17, 15) is 9.59 Å². The smallest absolute Gasteiger partial charge is 0.337 e. The number of carbonyl (C=O) groups excluding carboxylic acids is 2. The summed E-state index contributed by atoms with van der Waals surface area (Å²) in [4.78, 5) is 26.9. The summed E-state index contributed by atoms with van der Waals surface area (Å²) in [6.07, 6.45) is 10.3. The molecule has 2 saturated carbocycles. The highest BCUT2D eigenvalue weighted by Crippen LogP contribution is 2.40. The van der Waals surface area contributed by atoms with Crippen molar-refractivity contribution in [2.24, 2.45) is 0 Å². The SMILES string of the molecule is CC1=C(C(=O)OC2CCCCC2)C(c2ccccc2)C(C(=O)OC2CCCCC2)=C(C)N1. The third-order valence-corrected chi connectivity index (χ3v) is 6.98. The molecule has 0 aromatic heterocycles. The van der Waals surface area contributed by atoms with Crippen molar-refractivity contribution in [2.45, 2.75) is 96.2 Å². The van der Waals surface area contributed by atoms with Gasteiger partial charge in [0.2, 0.25) is 0 Å². The molecule has 3 aliphatic rings. The molecule has 0 radical (unpaired) electrons. The van der Waals surface area contributed by atoms with E-state index in [1.165, 1.54) is 12.8 Å². The Morgan fingerprint density at radius 3 is 1.59 bits per heavy atom. The monoisotopic (exact) mass is 437 g/mol. The van der Waals surface area contributed by atoms with Crippen LogP contribution in [-0.2, 0) is 19.1 Å². The van der Waals surface area contributed by atoms with Crippen molar-refractivity contribution in [1.82, 2.24) is 5.32 Å². The lowest BCUT2D eigenvalue weighted by Crippen LogP contribution is -2.35. The highest BCUT2D eigenvalue weighted by molar-refractivity contribution is 6.00. The molecule has 0 spiro atoms. The Hall–Kier alpha value is -2.56. The van der Waals surface area contributed by atoms with Crippen LogP contribution in [0.2, 0.25) is 0 Å². The van der Waals surface area contributed by atoms with Crippen LogP contribution in [0.5, 0.6) is 0 Å². The van der Waals surface area contributed by atoms with Crippen LogP contribution in [0.3, 0.4) is 0 Å². The molecule has 1 aromatic rings. The molecule has 5 nitrogen and oxygen atoms in total. The Labute approximate surface area is 191 Å². The molecule has 5 heteroatoms. The molecular formula is C27H35NO4. The van der Waals surface area contributed by atoms with Crippen molar-refractivity contribution >= 4 is 11.9 Å². The molecule has 4 rings (SSSR count). The molecule has 2 fully saturated rings. The van der Waals surface area contributed by atoms with Crippen LogP contribution in [0.1, 0.15) is 89.5 Å². The zero-order chi connectivity index (χ0) is 22.5. The number of nitrogens with one attached hydrogen (secondary N) is 1. The zero-order valence-electron chi connectivity index (χ0n) is 19.3. The fraction of sp³-hybridized carbons (Fsp3) is 0.556. The Morgan fingerprint density at radius 1 is 0.719 bits per heavy atom. The van der Waals surface area contributed by atoms with E-state index in [-0.39, 0.29) is 24.1 Å². The second-order valence-electron chi connectivity index (χ2n) is 9.38. The first-order chi connectivity index (χ1) is 15.5. The van der Waals surface area contributed by atoms with E-state index in [2.05, 4.69) is 5.32 Å². The predicted octanol–water partition coefficient (Wildman–Crippen LogP) is 5.67. The number of rotatable bonds is 5. The van der Waals surface area contributed by atoms with E-state index in [4.69, 9.17) is 9.47 Å². The van der Waals surface area contributed by atoms with Crippen LogP contribution in [-0.4, -0.2) is 24.1 Å². The van der Waals surface area contributed by atoms with E-state index in [0.717, 1.165) is 68.3 Å². The molecule has 172 valence electrons. The molecule has 2 aliphatic carbocycles. The second-order valence-corrected chi connectivity index (χ2v) is 9.38. The minimum absolute atomic E-state index is 0.0439. The number of esters is 2. The van der Waals surface area contributed by atoms with Gasteiger partial charge in [0.1, 0.15) is 12.2 Å². The first kappa shape index (κ1) is 22.6. The van der Waals surface area contributed by atoms with E-state index in [1.54, 1.807) is 0 Å². The summed E-state index contributed by atoms with van der Waals surface area (Å²) in [5.41, 5.74) is 3.42. The fourth-order valence-corrected chi connectivity index (χ4v) is 5.31. The highest BCUT2D eigenvalue weighted by Gasteiger charge is 2.39. The Bertz CT molecular complexity index is 835. The maximum atomic E-state index is 13.4. The molecular weight excluding hydrogens is 402 g/mol. The summed E-state index contributed by atoms with van der Waals surface area (Å²) >= 11 is 0. The quantitative estimate of drug-likeness (QED) is 0.601.